The highest BCUT2D eigenvalue weighted by molar-refractivity contribution is 5.71. The highest BCUT2D eigenvalue weighted by atomic mass is 15.2. The van der Waals surface area contributed by atoms with Crippen molar-refractivity contribution in [2.24, 2.45) is 0 Å². The standard InChI is InChI=1S/C16H22N4/c1-19-10-7-12(8-11-19)15-18-14-6-3-9-17-16(14)20(15)13-4-2-5-13/h3,6,9,12-13H,2,4-5,7-8,10-11H2,1H3. The summed E-state index contributed by atoms with van der Waals surface area (Å²) < 4.78 is 2.47. The van der Waals surface area contributed by atoms with E-state index in [0.29, 0.717) is 12.0 Å². The molecule has 0 amide bonds. The molecular weight excluding hydrogens is 248 g/mol. The summed E-state index contributed by atoms with van der Waals surface area (Å²) in [7, 11) is 2.21. The van der Waals surface area contributed by atoms with Crippen LogP contribution in [0.25, 0.3) is 11.2 Å². The van der Waals surface area contributed by atoms with Crippen LogP contribution in [0.2, 0.25) is 0 Å². The lowest BCUT2D eigenvalue weighted by molar-refractivity contribution is 0.239. The molecule has 0 atom stereocenters. The normalized spacial score (nSPS) is 22.2. The van der Waals surface area contributed by atoms with Crippen molar-refractivity contribution in [1.29, 1.82) is 0 Å². The third kappa shape index (κ3) is 1.94. The molecule has 3 heterocycles. The summed E-state index contributed by atoms with van der Waals surface area (Å²) in [5.41, 5.74) is 2.18. The minimum atomic E-state index is 0.612. The molecule has 2 aromatic rings. The summed E-state index contributed by atoms with van der Waals surface area (Å²) in [6.07, 6.45) is 8.30. The number of piperidine rings is 1. The summed E-state index contributed by atoms with van der Waals surface area (Å²) in [5, 5.41) is 0. The molecular formula is C16H22N4. The van der Waals surface area contributed by atoms with Gasteiger partial charge in [-0.05, 0) is 64.4 Å². The lowest BCUT2D eigenvalue weighted by Crippen LogP contribution is -2.31. The Morgan fingerprint density at radius 3 is 2.65 bits per heavy atom. The first-order chi connectivity index (χ1) is 9.83. The van der Waals surface area contributed by atoms with Crippen LogP contribution in [0.4, 0.5) is 0 Å². The van der Waals surface area contributed by atoms with Gasteiger partial charge in [-0.15, -0.1) is 0 Å². The van der Waals surface area contributed by atoms with Crippen molar-refractivity contribution < 1.29 is 0 Å². The highest BCUT2D eigenvalue weighted by Gasteiger charge is 2.30. The van der Waals surface area contributed by atoms with Crippen LogP contribution in [0.1, 0.15) is 49.9 Å². The quantitative estimate of drug-likeness (QED) is 0.841. The number of pyridine rings is 1. The number of rotatable bonds is 2. The molecule has 2 aromatic heterocycles. The van der Waals surface area contributed by atoms with Crippen LogP contribution in [0.3, 0.4) is 0 Å². The second-order valence-electron chi connectivity index (χ2n) is 6.35. The molecule has 4 nitrogen and oxygen atoms in total. The van der Waals surface area contributed by atoms with E-state index < -0.39 is 0 Å². The van der Waals surface area contributed by atoms with Crippen LogP contribution < -0.4 is 0 Å². The number of hydrogen-bond donors (Lipinski definition) is 0. The summed E-state index contributed by atoms with van der Waals surface area (Å²) in [6.45, 7) is 2.37. The number of aromatic nitrogens is 3. The Balaban J connectivity index is 1.77. The molecule has 1 saturated heterocycles. The SMILES string of the molecule is CN1CCC(c2nc3cccnc3n2C2CCC2)CC1. The molecule has 4 rings (SSSR count). The Bertz CT molecular complexity index is 606. The summed E-state index contributed by atoms with van der Waals surface area (Å²) in [6, 6.07) is 4.75. The minimum absolute atomic E-state index is 0.612. The van der Waals surface area contributed by atoms with Gasteiger partial charge in [-0.1, -0.05) is 0 Å². The van der Waals surface area contributed by atoms with Crippen LogP contribution in [-0.4, -0.2) is 39.6 Å². The molecule has 0 radical (unpaired) electrons. The van der Waals surface area contributed by atoms with Gasteiger partial charge in [-0.2, -0.15) is 0 Å². The lowest BCUT2D eigenvalue weighted by atomic mass is 9.90. The van der Waals surface area contributed by atoms with Gasteiger partial charge < -0.3 is 9.47 Å². The predicted molar refractivity (Wildman–Crippen MR) is 79.9 cm³/mol. The van der Waals surface area contributed by atoms with Crippen LogP contribution in [0.15, 0.2) is 18.3 Å². The van der Waals surface area contributed by atoms with E-state index in [4.69, 9.17) is 4.98 Å². The number of fused-ring (bicyclic) bond motifs is 1. The van der Waals surface area contributed by atoms with Crippen LogP contribution in [0, 0.1) is 0 Å². The Morgan fingerprint density at radius 2 is 1.95 bits per heavy atom. The predicted octanol–water partition coefficient (Wildman–Crippen LogP) is 2.97. The summed E-state index contributed by atoms with van der Waals surface area (Å²) in [4.78, 5) is 12.0. The molecule has 0 spiro atoms. The molecule has 106 valence electrons. The molecule has 0 bridgehead atoms. The maximum Gasteiger partial charge on any atom is 0.160 e. The topological polar surface area (TPSA) is 34.0 Å². The Kier molecular flexibility index (Phi) is 2.99. The molecule has 1 aliphatic heterocycles. The molecule has 0 unspecified atom stereocenters. The second kappa shape index (κ2) is 4.85. The van der Waals surface area contributed by atoms with E-state index in [1.807, 2.05) is 12.3 Å². The average Bonchev–Trinajstić information content (AvgIpc) is 2.78. The largest absolute Gasteiger partial charge is 0.309 e. The fourth-order valence-corrected chi connectivity index (χ4v) is 3.51. The van der Waals surface area contributed by atoms with Crippen molar-refractivity contribution in [1.82, 2.24) is 19.4 Å². The third-order valence-electron chi connectivity index (χ3n) is 5.00. The van der Waals surface area contributed by atoms with E-state index in [2.05, 4.69) is 27.6 Å². The zero-order valence-corrected chi connectivity index (χ0v) is 12.1. The van der Waals surface area contributed by atoms with Crippen molar-refractivity contribution in [3.8, 4) is 0 Å². The lowest BCUT2D eigenvalue weighted by Gasteiger charge is -2.33. The van der Waals surface area contributed by atoms with Gasteiger partial charge >= 0.3 is 0 Å². The first-order valence-electron chi connectivity index (χ1n) is 7.84. The molecule has 20 heavy (non-hydrogen) atoms. The van der Waals surface area contributed by atoms with Gasteiger partial charge in [0.2, 0.25) is 0 Å². The van der Waals surface area contributed by atoms with Crippen molar-refractivity contribution in [3.05, 3.63) is 24.2 Å². The van der Waals surface area contributed by atoms with E-state index in [-0.39, 0.29) is 0 Å². The van der Waals surface area contributed by atoms with Crippen LogP contribution >= 0.6 is 0 Å². The summed E-state index contributed by atoms with van der Waals surface area (Å²) in [5.74, 6) is 1.91. The van der Waals surface area contributed by atoms with Crippen molar-refractivity contribution in [2.75, 3.05) is 20.1 Å². The van der Waals surface area contributed by atoms with Gasteiger partial charge in [0.25, 0.3) is 0 Å². The van der Waals surface area contributed by atoms with Crippen LogP contribution in [-0.2, 0) is 0 Å². The van der Waals surface area contributed by atoms with E-state index in [0.717, 1.165) is 11.2 Å². The van der Waals surface area contributed by atoms with E-state index in [1.165, 1.54) is 51.0 Å². The Morgan fingerprint density at radius 1 is 1.15 bits per heavy atom. The molecule has 4 heteroatoms. The monoisotopic (exact) mass is 270 g/mol. The van der Waals surface area contributed by atoms with Gasteiger partial charge in [-0.25, -0.2) is 9.97 Å². The van der Waals surface area contributed by atoms with E-state index >= 15 is 0 Å². The minimum Gasteiger partial charge on any atom is -0.309 e. The fourth-order valence-electron chi connectivity index (χ4n) is 3.51. The second-order valence-corrected chi connectivity index (χ2v) is 6.35. The zero-order valence-electron chi connectivity index (χ0n) is 12.1. The molecule has 1 aliphatic carbocycles. The average molecular weight is 270 g/mol. The van der Waals surface area contributed by atoms with Crippen molar-refractivity contribution in [3.63, 3.8) is 0 Å². The zero-order chi connectivity index (χ0) is 13.5. The highest BCUT2D eigenvalue weighted by Crippen LogP contribution is 2.38. The van der Waals surface area contributed by atoms with Crippen LogP contribution in [0.5, 0.6) is 0 Å². The molecule has 2 fully saturated rings. The van der Waals surface area contributed by atoms with Gasteiger partial charge in [0.05, 0.1) is 0 Å². The van der Waals surface area contributed by atoms with Gasteiger partial charge in [0.15, 0.2) is 5.65 Å². The van der Waals surface area contributed by atoms with Gasteiger partial charge in [0, 0.05) is 18.2 Å². The number of nitrogens with zero attached hydrogens (tertiary/aromatic N) is 4. The van der Waals surface area contributed by atoms with Gasteiger partial charge in [-0.3, -0.25) is 0 Å². The van der Waals surface area contributed by atoms with Crippen molar-refractivity contribution >= 4 is 11.2 Å². The third-order valence-corrected chi connectivity index (χ3v) is 5.00. The summed E-state index contributed by atoms with van der Waals surface area (Å²) >= 11 is 0. The first-order valence-corrected chi connectivity index (χ1v) is 7.84. The Labute approximate surface area is 119 Å². The molecule has 1 saturated carbocycles. The number of likely N-dealkylation sites (tertiary alicyclic amines) is 1. The maximum absolute atomic E-state index is 4.95. The smallest absolute Gasteiger partial charge is 0.160 e. The van der Waals surface area contributed by atoms with E-state index in [9.17, 15) is 0 Å². The number of hydrogen-bond acceptors (Lipinski definition) is 3. The maximum atomic E-state index is 4.95. The molecule has 2 aliphatic rings. The molecule has 0 N–H and O–H groups in total. The van der Waals surface area contributed by atoms with E-state index in [1.54, 1.807) is 0 Å². The molecule has 0 aromatic carbocycles. The van der Waals surface area contributed by atoms with Crippen molar-refractivity contribution in [2.45, 2.75) is 44.1 Å². The first kappa shape index (κ1) is 12.3. The fraction of sp³-hybridized carbons (Fsp3) is 0.625. The van der Waals surface area contributed by atoms with Gasteiger partial charge in [0.1, 0.15) is 11.3 Å². The number of imidazole rings is 1. The Hall–Kier alpha value is -1.42.